The average molecular weight is 369 g/mol. The van der Waals surface area contributed by atoms with Gasteiger partial charge in [0, 0.05) is 17.0 Å². The second kappa shape index (κ2) is 6.98. The number of methoxy groups -OCH3 is 1. The van der Waals surface area contributed by atoms with Gasteiger partial charge in [-0.1, -0.05) is 11.6 Å². The molecular formula is C15H13ClN2O5S. The number of hydrogen-bond acceptors (Lipinski definition) is 6. The number of nitro groups is 1. The molecule has 0 unspecified atom stereocenters. The monoisotopic (exact) mass is 368 g/mol. The van der Waals surface area contributed by atoms with Gasteiger partial charge in [0.05, 0.1) is 28.2 Å². The van der Waals surface area contributed by atoms with Gasteiger partial charge < -0.3 is 10.1 Å². The molecule has 1 aromatic heterocycles. The highest BCUT2D eigenvalue weighted by atomic mass is 35.5. The van der Waals surface area contributed by atoms with Gasteiger partial charge in [-0.15, -0.1) is 11.3 Å². The Hall–Kier alpha value is -2.45. The van der Waals surface area contributed by atoms with Crippen molar-refractivity contribution < 1.29 is 19.2 Å². The summed E-state index contributed by atoms with van der Waals surface area (Å²) in [4.78, 5) is 35.3. The average Bonchev–Trinajstić information content (AvgIpc) is 2.80. The standard InChI is InChI=1S/C15H13ClN2O5S/c1-7-8(2)24-14(12(7)15(20)23-3)17-13(19)10-5-4-9(18(21)22)6-11(10)16/h4-6H,1-3H3,(H,17,19). The van der Waals surface area contributed by atoms with Gasteiger partial charge in [-0.2, -0.15) is 0 Å². The number of thiophene rings is 1. The first kappa shape index (κ1) is 17.9. The van der Waals surface area contributed by atoms with E-state index in [1.807, 2.05) is 6.92 Å². The van der Waals surface area contributed by atoms with E-state index in [0.29, 0.717) is 5.00 Å². The molecule has 9 heteroatoms. The molecule has 24 heavy (non-hydrogen) atoms. The molecule has 0 atom stereocenters. The lowest BCUT2D eigenvalue weighted by Crippen LogP contribution is -2.14. The number of benzene rings is 1. The first-order valence-corrected chi connectivity index (χ1v) is 7.89. The summed E-state index contributed by atoms with van der Waals surface area (Å²) in [5, 5.41) is 13.6. The third kappa shape index (κ3) is 3.39. The van der Waals surface area contributed by atoms with E-state index in [-0.39, 0.29) is 21.8 Å². The van der Waals surface area contributed by atoms with Gasteiger partial charge >= 0.3 is 5.97 Å². The Kier molecular flexibility index (Phi) is 5.20. The molecule has 0 radical (unpaired) electrons. The zero-order chi connectivity index (χ0) is 18.0. The molecule has 0 saturated carbocycles. The lowest BCUT2D eigenvalue weighted by Gasteiger charge is -2.07. The molecule has 0 bridgehead atoms. The van der Waals surface area contributed by atoms with Crippen LogP contribution in [0.4, 0.5) is 10.7 Å². The number of carbonyl (C=O) groups is 2. The Bertz CT molecular complexity index is 847. The Labute approximate surface area is 146 Å². The molecule has 1 heterocycles. The molecule has 2 rings (SSSR count). The molecule has 1 aromatic carbocycles. The second-order valence-corrected chi connectivity index (χ2v) is 6.49. The van der Waals surface area contributed by atoms with Crippen molar-refractivity contribution in [3.63, 3.8) is 0 Å². The second-order valence-electron chi connectivity index (χ2n) is 4.85. The van der Waals surface area contributed by atoms with Gasteiger partial charge in [0.2, 0.25) is 0 Å². The van der Waals surface area contributed by atoms with Crippen LogP contribution in [0, 0.1) is 24.0 Å². The summed E-state index contributed by atoms with van der Waals surface area (Å²) in [6, 6.07) is 3.55. The smallest absolute Gasteiger partial charge is 0.341 e. The van der Waals surface area contributed by atoms with Crippen molar-refractivity contribution in [3.05, 3.63) is 54.9 Å². The third-order valence-electron chi connectivity index (χ3n) is 3.41. The molecule has 0 spiro atoms. The topological polar surface area (TPSA) is 98.5 Å². The highest BCUT2D eigenvalue weighted by molar-refractivity contribution is 7.16. The Morgan fingerprint density at radius 3 is 2.54 bits per heavy atom. The predicted octanol–water partition coefficient (Wildman–Crippen LogP) is 3.97. The van der Waals surface area contributed by atoms with Crippen LogP contribution in [0.2, 0.25) is 5.02 Å². The molecule has 0 fully saturated rings. The molecule has 0 aliphatic carbocycles. The van der Waals surface area contributed by atoms with E-state index in [1.165, 1.54) is 30.6 Å². The van der Waals surface area contributed by atoms with Crippen molar-refractivity contribution >= 4 is 45.5 Å². The van der Waals surface area contributed by atoms with E-state index >= 15 is 0 Å². The van der Waals surface area contributed by atoms with Crippen LogP contribution in [0.1, 0.15) is 31.2 Å². The first-order valence-electron chi connectivity index (χ1n) is 6.69. The fraction of sp³-hybridized carbons (Fsp3) is 0.200. The predicted molar refractivity (Wildman–Crippen MR) is 91.2 cm³/mol. The first-order chi connectivity index (χ1) is 11.3. The third-order valence-corrected chi connectivity index (χ3v) is 4.85. The normalized spacial score (nSPS) is 10.3. The Morgan fingerprint density at radius 2 is 2.00 bits per heavy atom. The van der Waals surface area contributed by atoms with Crippen LogP contribution >= 0.6 is 22.9 Å². The maximum absolute atomic E-state index is 12.4. The number of nitro benzene ring substituents is 1. The van der Waals surface area contributed by atoms with E-state index in [2.05, 4.69) is 5.32 Å². The summed E-state index contributed by atoms with van der Waals surface area (Å²) in [6.07, 6.45) is 0. The van der Waals surface area contributed by atoms with Crippen molar-refractivity contribution in [2.75, 3.05) is 12.4 Å². The molecule has 7 nitrogen and oxygen atoms in total. The summed E-state index contributed by atoms with van der Waals surface area (Å²) in [5.74, 6) is -1.12. The molecule has 0 aliphatic heterocycles. The van der Waals surface area contributed by atoms with E-state index < -0.39 is 16.8 Å². The van der Waals surface area contributed by atoms with Gasteiger partial charge in [-0.25, -0.2) is 4.79 Å². The minimum atomic E-state index is -0.602. The van der Waals surface area contributed by atoms with Crippen molar-refractivity contribution in [1.29, 1.82) is 0 Å². The van der Waals surface area contributed by atoms with Gasteiger partial charge in [0.25, 0.3) is 11.6 Å². The molecular weight excluding hydrogens is 356 g/mol. The minimum Gasteiger partial charge on any atom is -0.465 e. The SMILES string of the molecule is COC(=O)c1c(NC(=O)c2ccc([N+](=O)[O-])cc2Cl)sc(C)c1C. The Morgan fingerprint density at radius 1 is 1.33 bits per heavy atom. The van der Waals surface area contributed by atoms with E-state index in [0.717, 1.165) is 16.5 Å². The number of amides is 1. The number of nitrogens with one attached hydrogen (secondary N) is 1. The number of rotatable bonds is 4. The molecule has 1 amide bonds. The maximum Gasteiger partial charge on any atom is 0.341 e. The quantitative estimate of drug-likeness (QED) is 0.500. The fourth-order valence-corrected chi connectivity index (χ4v) is 3.34. The van der Waals surface area contributed by atoms with Crippen LogP contribution in [0.3, 0.4) is 0 Å². The van der Waals surface area contributed by atoms with Crippen LogP contribution < -0.4 is 5.32 Å². The molecule has 0 saturated heterocycles. The number of aryl methyl sites for hydroxylation is 1. The van der Waals surface area contributed by atoms with Crippen molar-refractivity contribution in [2.45, 2.75) is 13.8 Å². The summed E-state index contributed by atoms with van der Waals surface area (Å²) in [7, 11) is 1.26. The lowest BCUT2D eigenvalue weighted by atomic mass is 10.1. The number of hydrogen-bond donors (Lipinski definition) is 1. The van der Waals surface area contributed by atoms with Crippen LogP contribution in [0.5, 0.6) is 0 Å². The number of nitrogens with zero attached hydrogens (tertiary/aromatic N) is 1. The number of esters is 1. The van der Waals surface area contributed by atoms with Crippen LogP contribution in [-0.4, -0.2) is 23.9 Å². The Balaban J connectivity index is 2.36. The van der Waals surface area contributed by atoms with Crippen LogP contribution in [-0.2, 0) is 4.74 Å². The number of non-ortho nitro benzene ring substituents is 1. The number of halogens is 1. The van der Waals surface area contributed by atoms with Crippen molar-refractivity contribution in [2.24, 2.45) is 0 Å². The van der Waals surface area contributed by atoms with Crippen molar-refractivity contribution in [1.82, 2.24) is 0 Å². The summed E-state index contributed by atoms with van der Waals surface area (Å²) in [6.45, 7) is 3.58. The molecule has 126 valence electrons. The summed E-state index contributed by atoms with van der Waals surface area (Å²) >= 11 is 7.18. The van der Waals surface area contributed by atoms with Crippen molar-refractivity contribution in [3.8, 4) is 0 Å². The van der Waals surface area contributed by atoms with Gasteiger partial charge in [-0.05, 0) is 25.5 Å². The highest BCUT2D eigenvalue weighted by Gasteiger charge is 2.23. The van der Waals surface area contributed by atoms with Crippen LogP contribution in [0.25, 0.3) is 0 Å². The number of ether oxygens (including phenoxy) is 1. The zero-order valence-corrected chi connectivity index (χ0v) is 14.6. The summed E-state index contributed by atoms with van der Waals surface area (Å²) in [5.41, 5.74) is 0.861. The summed E-state index contributed by atoms with van der Waals surface area (Å²) < 4.78 is 4.74. The van der Waals surface area contributed by atoms with Crippen LogP contribution in [0.15, 0.2) is 18.2 Å². The zero-order valence-electron chi connectivity index (χ0n) is 13.0. The van der Waals surface area contributed by atoms with Gasteiger partial charge in [-0.3, -0.25) is 14.9 Å². The van der Waals surface area contributed by atoms with E-state index in [4.69, 9.17) is 16.3 Å². The highest BCUT2D eigenvalue weighted by Crippen LogP contribution is 2.34. The molecule has 1 N–H and O–H groups in total. The number of anilines is 1. The van der Waals surface area contributed by atoms with Gasteiger partial charge in [0.15, 0.2) is 0 Å². The molecule has 2 aromatic rings. The minimum absolute atomic E-state index is 0.0497. The van der Waals surface area contributed by atoms with Gasteiger partial charge in [0.1, 0.15) is 5.00 Å². The maximum atomic E-state index is 12.4. The fourth-order valence-electron chi connectivity index (χ4n) is 2.04. The number of carbonyl (C=O) groups excluding carboxylic acids is 2. The molecule has 0 aliphatic rings. The lowest BCUT2D eigenvalue weighted by molar-refractivity contribution is -0.384. The van der Waals surface area contributed by atoms with E-state index in [1.54, 1.807) is 6.92 Å². The largest absolute Gasteiger partial charge is 0.465 e. The van der Waals surface area contributed by atoms with E-state index in [9.17, 15) is 19.7 Å².